The van der Waals surface area contributed by atoms with E-state index in [-0.39, 0.29) is 10.8 Å². The van der Waals surface area contributed by atoms with Gasteiger partial charge in [0.15, 0.2) is 0 Å². The molecular formula is C45H49N5O2. The molecule has 0 spiro atoms. The van der Waals surface area contributed by atoms with Crippen molar-refractivity contribution in [3.63, 3.8) is 0 Å². The van der Waals surface area contributed by atoms with E-state index in [1.165, 1.54) is 72.1 Å². The summed E-state index contributed by atoms with van der Waals surface area (Å²) in [5.41, 5.74) is 14.7. The minimum atomic E-state index is -0.155. The second-order valence-corrected chi connectivity index (χ2v) is 16.9. The predicted molar refractivity (Wildman–Crippen MR) is 208 cm³/mol. The van der Waals surface area contributed by atoms with Gasteiger partial charge >= 0.3 is 0 Å². The molecule has 10 rings (SSSR count). The van der Waals surface area contributed by atoms with E-state index >= 15 is 0 Å². The Balaban J connectivity index is 0.958. The molecule has 0 amide bonds. The first-order valence-electron chi connectivity index (χ1n) is 19.1. The highest BCUT2D eigenvalue weighted by Gasteiger charge is 2.38. The highest BCUT2D eigenvalue weighted by Crippen LogP contribution is 2.44. The van der Waals surface area contributed by atoms with E-state index in [0.29, 0.717) is 13.2 Å². The van der Waals surface area contributed by atoms with Gasteiger partial charge < -0.3 is 23.5 Å². The maximum absolute atomic E-state index is 6.77. The summed E-state index contributed by atoms with van der Waals surface area (Å²) in [6.07, 6.45) is 5.93. The minimum Gasteiger partial charge on any atom is -0.490 e. The summed E-state index contributed by atoms with van der Waals surface area (Å²) in [6.45, 7) is 17.3. The van der Waals surface area contributed by atoms with Crippen LogP contribution < -0.4 is 9.47 Å². The third-order valence-electron chi connectivity index (χ3n) is 12.7. The molecule has 0 bridgehead atoms. The first kappa shape index (κ1) is 32.1. The Bertz CT molecular complexity index is 2390. The number of hydrogen-bond donors (Lipinski definition) is 0. The van der Waals surface area contributed by atoms with Crippen LogP contribution in [0, 0.1) is 13.8 Å². The second-order valence-electron chi connectivity index (χ2n) is 16.9. The summed E-state index contributed by atoms with van der Waals surface area (Å²) in [5, 5.41) is 2.73. The molecule has 4 aliphatic rings. The van der Waals surface area contributed by atoms with Crippen molar-refractivity contribution in [3.05, 3.63) is 123 Å². The number of aryl methyl sites for hydroxylation is 2. The van der Waals surface area contributed by atoms with Crippen LogP contribution in [0.2, 0.25) is 0 Å². The summed E-state index contributed by atoms with van der Waals surface area (Å²) in [5.74, 6) is 2.06. The van der Waals surface area contributed by atoms with Crippen LogP contribution in [0.4, 0.5) is 0 Å². The lowest BCUT2D eigenvalue weighted by atomic mass is 9.82. The molecule has 0 saturated carbocycles. The minimum absolute atomic E-state index is 0.146. The molecular weight excluding hydrogens is 643 g/mol. The van der Waals surface area contributed by atoms with Gasteiger partial charge in [0.1, 0.15) is 11.5 Å². The van der Waals surface area contributed by atoms with E-state index < -0.39 is 0 Å². The molecule has 0 fully saturated rings. The molecule has 7 heterocycles. The summed E-state index contributed by atoms with van der Waals surface area (Å²) in [6, 6.07) is 22.9. The summed E-state index contributed by atoms with van der Waals surface area (Å²) in [4.78, 5) is 9.40. The van der Waals surface area contributed by atoms with Crippen LogP contribution in [-0.2, 0) is 56.4 Å². The molecule has 0 radical (unpaired) electrons. The molecule has 4 aliphatic heterocycles. The van der Waals surface area contributed by atoms with Crippen LogP contribution in [0.15, 0.2) is 73.1 Å². The molecule has 6 aromatic rings. The number of fused-ring (bicyclic) bond motifs is 6. The lowest BCUT2D eigenvalue weighted by Crippen LogP contribution is -2.36. The van der Waals surface area contributed by atoms with Crippen molar-refractivity contribution >= 4 is 21.8 Å². The number of aromatic nitrogens is 3. The predicted octanol–water partition coefficient (Wildman–Crippen LogP) is 7.85. The van der Waals surface area contributed by atoms with Gasteiger partial charge in [-0.1, -0.05) is 38.1 Å². The third kappa shape index (κ3) is 5.03. The van der Waals surface area contributed by atoms with Crippen molar-refractivity contribution in [2.24, 2.45) is 0 Å². The molecule has 266 valence electrons. The van der Waals surface area contributed by atoms with Gasteiger partial charge in [0.05, 0.1) is 24.2 Å². The van der Waals surface area contributed by atoms with Gasteiger partial charge in [-0.05, 0) is 96.2 Å². The fraction of sp³-hybridized carbons (Fsp3) is 0.400. The second kappa shape index (κ2) is 11.7. The monoisotopic (exact) mass is 691 g/mol. The Morgan fingerprint density at radius 1 is 0.692 bits per heavy atom. The largest absolute Gasteiger partial charge is 0.490 e. The third-order valence-corrected chi connectivity index (χ3v) is 12.7. The smallest absolute Gasteiger partial charge is 0.143 e. The zero-order valence-corrected chi connectivity index (χ0v) is 31.3. The fourth-order valence-electron chi connectivity index (χ4n) is 9.93. The van der Waals surface area contributed by atoms with Gasteiger partial charge in [0.25, 0.3) is 0 Å². The summed E-state index contributed by atoms with van der Waals surface area (Å²) >= 11 is 0. The maximum atomic E-state index is 6.77. The van der Waals surface area contributed by atoms with E-state index in [9.17, 15) is 0 Å². The highest BCUT2D eigenvalue weighted by molar-refractivity contribution is 5.92. The SMILES string of the molecule is Cc1cc2c3c(c1)c1c(n3CC(C)(c3cccc(CN4CCc5c(c6cc(C)cc7c6n5CC(C)(c5ccncc5)CO7)C4)c3)CO2)CCN(C)C1. The number of likely N-dealkylation sites (N-methyl/N-ethyl adjacent to an activating group) is 1. The highest BCUT2D eigenvalue weighted by atomic mass is 16.5. The zero-order valence-electron chi connectivity index (χ0n) is 31.3. The average molecular weight is 692 g/mol. The molecule has 2 unspecified atom stereocenters. The van der Waals surface area contributed by atoms with Crippen LogP contribution in [-0.4, -0.2) is 57.3 Å². The van der Waals surface area contributed by atoms with Crippen molar-refractivity contribution in [2.45, 2.75) is 84.1 Å². The van der Waals surface area contributed by atoms with Crippen molar-refractivity contribution < 1.29 is 9.47 Å². The van der Waals surface area contributed by atoms with Crippen molar-refractivity contribution in [2.75, 3.05) is 33.4 Å². The van der Waals surface area contributed by atoms with Gasteiger partial charge in [-0.3, -0.25) is 9.88 Å². The Labute approximate surface area is 306 Å². The van der Waals surface area contributed by atoms with Crippen molar-refractivity contribution in [1.82, 2.24) is 23.9 Å². The molecule has 2 atom stereocenters. The van der Waals surface area contributed by atoms with Crippen molar-refractivity contribution in [3.8, 4) is 11.5 Å². The molecule has 3 aromatic carbocycles. The van der Waals surface area contributed by atoms with Gasteiger partial charge in [0, 0.05) is 104 Å². The van der Waals surface area contributed by atoms with E-state index in [1.807, 2.05) is 12.4 Å². The molecule has 7 nitrogen and oxygen atoms in total. The number of nitrogens with zero attached hydrogens (tertiary/aromatic N) is 5. The lowest BCUT2D eigenvalue weighted by Gasteiger charge is -2.33. The van der Waals surface area contributed by atoms with Gasteiger partial charge in [-0.25, -0.2) is 0 Å². The van der Waals surface area contributed by atoms with Crippen LogP contribution in [0.5, 0.6) is 11.5 Å². The zero-order chi connectivity index (χ0) is 35.4. The molecule has 0 saturated heterocycles. The molecule has 7 heteroatoms. The number of benzene rings is 3. The number of hydrogen-bond acceptors (Lipinski definition) is 5. The fourth-order valence-corrected chi connectivity index (χ4v) is 9.93. The first-order chi connectivity index (χ1) is 25.2. The van der Waals surface area contributed by atoms with Crippen LogP contribution in [0.3, 0.4) is 0 Å². The summed E-state index contributed by atoms with van der Waals surface area (Å²) in [7, 11) is 2.24. The number of rotatable bonds is 4. The first-order valence-corrected chi connectivity index (χ1v) is 19.1. The van der Waals surface area contributed by atoms with Crippen LogP contribution in [0.1, 0.15) is 64.2 Å². The Kier molecular flexibility index (Phi) is 7.23. The van der Waals surface area contributed by atoms with Gasteiger partial charge in [-0.15, -0.1) is 0 Å². The maximum Gasteiger partial charge on any atom is 0.143 e. The van der Waals surface area contributed by atoms with Gasteiger partial charge in [0.2, 0.25) is 0 Å². The standard InChI is InChI=1S/C45H49N5O2/c1-29-17-34-36-23-47(5)15-11-38(36)50-26-45(4,28-52-40(19-29)42(34)50)33-8-6-7-31(21-33)22-48-16-12-39-37(24-48)35-18-30(2)20-41-43(35)49(39)25-44(3,27-51-41)32-9-13-46-14-10-32/h6-10,13-14,17-21H,11-12,15-16,22-28H2,1-5H3. The average Bonchev–Trinajstić information content (AvgIpc) is 3.46. The number of ether oxygens (including phenoxy) is 2. The Hall–Kier alpha value is -4.59. The topological polar surface area (TPSA) is 47.7 Å². The van der Waals surface area contributed by atoms with E-state index in [0.717, 1.165) is 70.2 Å². The van der Waals surface area contributed by atoms with Gasteiger partial charge in [-0.2, -0.15) is 0 Å². The van der Waals surface area contributed by atoms with E-state index in [2.05, 4.69) is 119 Å². The summed E-state index contributed by atoms with van der Waals surface area (Å²) < 4.78 is 18.7. The molecule has 0 N–H and O–H groups in total. The lowest BCUT2D eigenvalue weighted by molar-refractivity contribution is 0.216. The van der Waals surface area contributed by atoms with Crippen LogP contribution >= 0.6 is 0 Å². The van der Waals surface area contributed by atoms with Crippen molar-refractivity contribution in [1.29, 1.82) is 0 Å². The van der Waals surface area contributed by atoms with E-state index in [1.54, 1.807) is 0 Å². The normalized spacial score (nSPS) is 23.1. The Morgan fingerprint density at radius 2 is 1.29 bits per heavy atom. The number of pyridine rings is 1. The van der Waals surface area contributed by atoms with E-state index in [4.69, 9.17) is 9.47 Å². The molecule has 3 aromatic heterocycles. The molecule has 0 aliphatic carbocycles. The Morgan fingerprint density at radius 3 is 1.94 bits per heavy atom. The quantitative estimate of drug-likeness (QED) is 0.189. The van der Waals surface area contributed by atoms with Crippen LogP contribution in [0.25, 0.3) is 21.8 Å². The molecule has 52 heavy (non-hydrogen) atoms.